The van der Waals surface area contributed by atoms with Crippen molar-refractivity contribution in [3.8, 4) is 0 Å². The summed E-state index contributed by atoms with van der Waals surface area (Å²) >= 11 is 0. The van der Waals surface area contributed by atoms with Crippen LogP contribution in [0, 0.1) is 0 Å². The fraction of sp³-hybridized carbons (Fsp3) is 0.250. The first kappa shape index (κ1) is 8.90. The number of hydrogen-bond donors (Lipinski definition) is 1. The maximum Gasteiger partial charge on any atom is 0.412 e. The molecule has 4 heteroatoms. The predicted octanol–water partition coefficient (Wildman–Crippen LogP) is 2.28. The number of nitrogens with two attached hydrogens (primary N) is 1. The van der Waals surface area contributed by atoms with E-state index in [1.807, 2.05) is 0 Å². The van der Waals surface area contributed by atoms with Gasteiger partial charge >= 0.3 is 6.18 Å². The second kappa shape index (κ2) is 3.05. The first-order valence-corrected chi connectivity index (χ1v) is 3.40. The molecule has 1 aliphatic rings. The summed E-state index contributed by atoms with van der Waals surface area (Å²) in [5, 5.41) is 0. The van der Waals surface area contributed by atoms with Crippen LogP contribution in [0.25, 0.3) is 0 Å². The minimum absolute atomic E-state index is 0.110. The minimum Gasteiger partial charge on any atom is -0.399 e. The van der Waals surface area contributed by atoms with E-state index in [9.17, 15) is 13.2 Å². The lowest BCUT2D eigenvalue weighted by Gasteiger charge is -2.07. The SMILES string of the molecule is NC1=CC=C(C(F)(F)F)CC=C1. The lowest BCUT2D eigenvalue weighted by Crippen LogP contribution is -2.10. The highest BCUT2D eigenvalue weighted by Crippen LogP contribution is 2.29. The molecule has 66 valence electrons. The van der Waals surface area contributed by atoms with Crippen molar-refractivity contribution in [3.05, 3.63) is 35.6 Å². The van der Waals surface area contributed by atoms with E-state index in [1.165, 1.54) is 18.2 Å². The number of alkyl halides is 3. The molecule has 2 N–H and O–H groups in total. The van der Waals surface area contributed by atoms with Crippen LogP contribution in [0.2, 0.25) is 0 Å². The molecule has 0 unspecified atom stereocenters. The summed E-state index contributed by atoms with van der Waals surface area (Å²) in [4.78, 5) is 0. The van der Waals surface area contributed by atoms with E-state index in [0.717, 1.165) is 6.08 Å². The highest BCUT2D eigenvalue weighted by atomic mass is 19.4. The molecular formula is C8H8F3N. The molecule has 0 radical (unpaired) electrons. The van der Waals surface area contributed by atoms with Crippen LogP contribution in [-0.2, 0) is 0 Å². The Morgan fingerprint density at radius 2 is 1.92 bits per heavy atom. The fourth-order valence-corrected chi connectivity index (χ4v) is 0.853. The van der Waals surface area contributed by atoms with Crippen LogP contribution in [0.15, 0.2) is 35.6 Å². The molecule has 1 aliphatic carbocycles. The smallest absolute Gasteiger partial charge is 0.399 e. The topological polar surface area (TPSA) is 26.0 Å². The van der Waals surface area contributed by atoms with Crippen molar-refractivity contribution in [2.75, 3.05) is 0 Å². The third kappa shape index (κ3) is 2.15. The maximum atomic E-state index is 12.1. The third-order valence-corrected chi connectivity index (χ3v) is 1.49. The Labute approximate surface area is 68.1 Å². The minimum atomic E-state index is -4.24. The highest BCUT2D eigenvalue weighted by Gasteiger charge is 2.32. The van der Waals surface area contributed by atoms with E-state index in [-0.39, 0.29) is 6.42 Å². The van der Waals surface area contributed by atoms with Gasteiger partial charge in [-0.25, -0.2) is 0 Å². The Morgan fingerprint density at radius 3 is 2.50 bits per heavy atom. The van der Waals surface area contributed by atoms with Crippen LogP contribution in [-0.4, -0.2) is 6.18 Å². The third-order valence-electron chi connectivity index (χ3n) is 1.49. The number of halogens is 3. The molecule has 0 saturated heterocycles. The van der Waals surface area contributed by atoms with E-state index < -0.39 is 11.7 Å². The van der Waals surface area contributed by atoms with Gasteiger partial charge in [0.05, 0.1) is 0 Å². The fourth-order valence-electron chi connectivity index (χ4n) is 0.853. The molecular weight excluding hydrogens is 167 g/mol. The van der Waals surface area contributed by atoms with Crippen LogP contribution in [0.1, 0.15) is 6.42 Å². The second-order valence-corrected chi connectivity index (χ2v) is 2.46. The van der Waals surface area contributed by atoms with Gasteiger partial charge in [0.1, 0.15) is 0 Å². The first-order chi connectivity index (χ1) is 5.50. The summed E-state index contributed by atoms with van der Waals surface area (Å²) in [6, 6.07) is 0. The van der Waals surface area contributed by atoms with Gasteiger partial charge in [-0.15, -0.1) is 0 Å². The van der Waals surface area contributed by atoms with Crippen LogP contribution >= 0.6 is 0 Å². The van der Waals surface area contributed by atoms with Gasteiger partial charge in [0, 0.05) is 11.3 Å². The van der Waals surface area contributed by atoms with Gasteiger partial charge in [-0.3, -0.25) is 0 Å². The molecule has 12 heavy (non-hydrogen) atoms. The van der Waals surface area contributed by atoms with Crippen molar-refractivity contribution >= 4 is 0 Å². The van der Waals surface area contributed by atoms with Gasteiger partial charge in [0.2, 0.25) is 0 Å². The Morgan fingerprint density at radius 1 is 1.25 bits per heavy atom. The lowest BCUT2D eigenvalue weighted by molar-refractivity contribution is -0.0928. The Balaban J connectivity index is 2.89. The lowest BCUT2D eigenvalue weighted by atomic mass is 10.2. The predicted molar refractivity (Wildman–Crippen MR) is 40.2 cm³/mol. The Kier molecular flexibility index (Phi) is 2.26. The van der Waals surface area contributed by atoms with Crippen LogP contribution < -0.4 is 5.73 Å². The first-order valence-electron chi connectivity index (χ1n) is 3.40. The van der Waals surface area contributed by atoms with Crippen molar-refractivity contribution in [2.24, 2.45) is 5.73 Å². The largest absolute Gasteiger partial charge is 0.412 e. The number of allylic oxidation sites excluding steroid dienone is 5. The average Bonchev–Trinajstić information content (AvgIpc) is 2.11. The molecule has 0 saturated carbocycles. The van der Waals surface area contributed by atoms with E-state index in [4.69, 9.17) is 5.73 Å². The zero-order valence-corrected chi connectivity index (χ0v) is 6.23. The molecule has 0 aromatic carbocycles. The summed E-state index contributed by atoms with van der Waals surface area (Å²) in [7, 11) is 0. The molecule has 0 aromatic rings. The van der Waals surface area contributed by atoms with Crippen molar-refractivity contribution in [1.29, 1.82) is 0 Å². The van der Waals surface area contributed by atoms with Gasteiger partial charge in [-0.05, 0) is 18.6 Å². The standard InChI is InChI=1S/C8H8F3N/c9-8(10,11)6-2-1-3-7(12)5-4-6/h1,3-5H,2,12H2. The van der Waals surface area contributed by atoms with E-state index in [0.29, 0.717) is 5.70 Å². The maximum absolute atomic E-state index is 12.1. The quantitative estimate of drug-likeness (QED) is 0.600. The molecule has 0 aromatic heterocycles. The summed E-state index contributed by atoms with van der Waals surface area (Å²) in [6.07, 6.45) is 0.779. The van der Waals surface area contributed by atoms with Crippen LogP contribution in [0.3, 0.4) is 0 Å². The van der Waals surface area contributed by atoms with E-state index in [2.05, 4.69) is 0 Å². The van der Waals surface area contributed by atoms with Crippen LogP contribution in [0.5, 0.6) is 0 Å². The van der Waals surface area contributed by atoms with Crippen molar-refractivity contribution in [3.63, 3.8) is 0 Å². The monoisotopic (exact) mass is 175 g/mol. The van der Waals surface area contributed by atoms with E-state index >= 15 is 0 Å². The zero-order valence-electron chi connectivity index (χ0n) is 6.23. The molecule has 1 nitrogen and oxygen atoms in total. The molecule has 0 aliphatic heterocycles. The molecule has 1 rings (SSSR count). The van der Waals surface area contributed by atoms with E-state index in [1.54, 1.807) is 0 Å². The second-order valence-electron chi connectivity index (χ2n) is 2.46. The summed E-state index contributed by atoms with van der Waals surface area (Å²) in [6.45, 7) is 0. The molecule has 0 fully saturated rings. The Bertz CT molecular complexity index is 258. The Hall–Kier alpha value is -1.19. The summed E-state index contributed by atoms with van der Waals surface area (Å²) < 4.78 is 36.2. The zero-order chi connectivity index (χ0) is 9.19. The molecule has 0 heterocycles. The molecule has 0 amide bonds. The van der Waals surface area contributed by atoms with Gasteiger partial charge < -0.3 is 5.73 Å². The summed E-state index contributed by atoms with van der Waals surface area (Å²) in [5.74, 6) is 0. The van der Waals surface area contributed by atoms with Crippen molar-refractivity contribution < 1.29 is 13.2 Å². The van der Waals surface area contributed by atoms with Gasteiger partial charge in [-0.2, -0.15) is 13.2 Å². The highest BCUT2D eigenvalue weighted by molar-refractivity contribution is 5.30. The van der Waals surface area contributed by atoms with Crippen molar-refractivity contribution in [2.45, 2.75) is 12.6 Å². The average molecular weight is 175 g/mol. The number of rotatable bonds is 0. The van der Waals surface area contributed by atoms with Gasteiger partial charge in [0.25, 0.3) is 0 Å². The summed E-state index contributed by atoms with van der Waals surface area (Å²) in [5.41, 5.74) is 5.07. The van der Waals surface area contributed by atoms with Gasteiger partial charge in [-0.1, -0.05) is 12.2 Å². The van der Waals surface area contributed by atoms with Gasteiger partial charge in [0.15, 0.2) is 0 Å². The molecule has 0 spiro atoms. The molecule has 0 atom stereocenters. The van der Waals surface area contributed by atoms with Crippen molar-refractivity contribution in [1.82, 2.24) is 0 Å². The number of hydrogen-bond acceptors (Lipinski definition) is 1. The van der Waals surface area contributed by atoms with Crippen LogP contribution in [0.4, 0.5) is 13.2 Å². The molecule has 0 bridgehead atoms. The normalized spacial score (nSPS) is 18.2.